The molecule has 2 aromatic carbocycles. The molecule has 0 saturated carbocycles. The Bertz CT molecular complexity index is 1240. The fraction of sp³-hybridized carbons (Fsp3) is 0.111. The molecule has 144 valence electrons. The second-order valence-corrected chi connectivity index (χ2v) is 9.46. The molecule has 4 rings (SSSR count). The van der Waals surface area contributed by atoms with Crippen molar-refractivity contribution in [3.8, 4) is 11.4 Å². The van der Waals surface area contributed by atoms with E-state index >= 15 is 0 Å². The summed E-state index contributed by atoms with van der Waals surface area (Å²) in [4.78, 5) is 5.20. The molecule has 0 atom stereocenters. The topological polar surface area (TPSA) is 76.4 Å². The molecule has 0 spiro atoms. The average molecular weight is 481 g/mol. The number of rotatable bonds is 6. The summed E-state index contributed by atoms with van der Waals surface area (Å²) < 4.78 is 43.7. The zero-order valence-corrected chi connectivity index (χ0v) is 17.6. The molecule has 0 amide bonds. The first-order valence-corrected chi connectivity index (χ1v) is 11.4. The Balaban J connectivity index is 1.50. The van der Waals surface area contributed by atoms with Gasteiger partial charge in [-0.3, -0.25) is 0 Å². The van der Waals surface area contributed by atoms with E-state index in [0.717, 1.165) is 10.2 Å². The highest BCUT2D eigenvalue weighted by Crippen LogP contribution is 2.23. The van der Waals surface area contributed by atoms with Gasteiger partial charge in [-0.15, -0.1) is 16.4 Å². The van der Waals surface area contributed by atoms with Gasteiger partial charge in [-0.25, -0.2) is 22.0 Å². The largest absolute Gasteiger partial charge is 0.240 e. The highest BCUT2D eigenvalue weighted by molar-refractivity contribution is 9.10. The molecule has 28 heavy (non-hydrogen) atoms. The summed E-state index contributed by atoms with van der Waals surface area (Å²) in [5.41, 5.74) is 1.13. The summed E-state index contributed by atoms with van der Waals surface area (Å²) in [7, 11) is -3.59. The molecule has 2 aromatic heterocycles. The summed E-state index contributed by atoms with van der Waals surface area (Å²) in [5.74, 6) is -0.0776. The van der Waals surface area contributed by atoms with E-state index in [1.807, 2.05) is 5.38 Å². The third-order valence-corrected chi connectivity index (χ3v) is 6.93. The van der Waals surface area contributed by atoms with Gasteiger partial charge in [0.1, 0.15) is 5.82 Å². The second kappa shape index (κ2) is 7.70. The van der Waals surface area contributed by atoms with Crippen molar-refractivity contribution in [3.05, 3.63) is 69.9 Å². The number of thiazole rings is 1. The minimum atomic E-state index is -3.59. The molecular weight excluding hydrogens is 467 g/mol. The van der Waals surface area contributed by atoms with Crippen LogP contribution in [0, 0.1) is 5.82 Å². The number of sulfonamides is 1. The predicted molar refractivity (Wildman–Crippen MR) is 109 cm³/mol. The van der Waals surface area contributed by atoms with Gasteiger partial charge in [0.2, 0.25) is 15.0 Å². The number of nitrogens with one attached hydrogen (secondary N) is 1. The van der Waals surface area contributed by atoms with E-state index < -0.39 is 10.0 Å². The Morgan fingerprint density at radius 2 is 1.89 bits per heavy atom. The fourth-order valence-electron chi connectivity index (χ4n) is 2.66. The summed E-state index contributed by atoms with van der Waals surface area (Å²) in [6, 6.07) is 12.8. The van der Waals surface area contributed by atoms with Gasteiger partial charge in [0, 0.05) is 22.8 Å². The number of nitrogens with zero attached hydrogens (tertiary/aromatic N) is 3. The summed E-state index contributed by atoms with van der Waals surface area (Å²) in [5, 5.41) is 6.25. The standard InChI is InChI=1S/C18H14BrFN4O2S2/c19-12-5-7-14(8-6-12)28(25,26)21-10-9-13-11-27-18-22-17(23-24(13)18)15-3-1-2-4-16(15)20/h1-8,11,21H,9-10H2. The lowest BCUT2D eigenvalue weighted by atomic mass is 10.2. The van der Waals surface area contributed by atoms with Gasteiger partial charge in [-0.05, 0) is 36.4 Å². The first kappa shape index (κ1) is 19.2. The van der Waals surface area contributed by atoms with Crippen molar-refractivity contribution in [3.63, 3.8) is 0 Å². The van der Waals surface area contributed by atoms with E-state index in [9.17, 15) is 12.8 Å². The fourth-order valence-corrected chi connectivity index (χ4v) is 4.82. The lowest BCUT2D eigenvalue weighted by Crippen LogP contribution is -2.26. The molecule has 0 unspecified atom stereocenters. The van der Waals surface area contributed by atoms with Gasteiger partial charge in [0.05, 0.1) is 16.2 Å². The highest BCUT2D eigenvalue weighted by Gasteiger charge is 2.16. The molecule has 1 N–H and O–H groups in total. The first-order valence-electron chi connectivity index (χ1n) is 8.27. The monoisotopic (exact) mass is 480 g/mol. The molecule has 0 aliphatic rings. The predicted octanol–water partition coefficient (Wildman–Crippen LogP) is 3.88. The van der Waals surface area contributed by atoms with Crippen LogP contribution in [0.5, 0.6) is 0 Å². The van der Waals surface area contributed by atoms with Crippen molar-refractivity contribution in [1.82, 2.24) is 19.3 Å². The molecule has 4 aromatic rings. The Morgan fingerprint density at radius 1 is 1.14 bits per heavy atom. The first-order chi connectivity index (χ1) is 13.4. The van der Waals surface area contributed by atoms with Crippen LogP contribution in [0.15, 0.2) is 63.3 Å². The van der Waals surface area contributed by atoms with Crippen molar-refractivity contribution in [2.45, 2.75) is 11.3 Å². The van der Waals surface area contributed by atoms with E-state index in [0.29, 0.717) is 22.8 Å². The van der Waals surface area contributed by atoms with E-state index in [4.69, 9.17) is 0 Å². The van der Waals surface area contributed by atoms with Gasteiger partial charge in [0.25, 0.3) is 0 Å². The number of fused-ring (bicyclic) bond motifs is 1. The van der Waals surface area contributed by atoms with Crippen molar-refractivity contribution in [2.24, 2.45) is 0 Å². The highest BCUT2D eigenvalue weighted by atomic mass is 79.9. The van der Waals surface area contributed by atoms with E-state index in [1.54, 1.807) is 34.8 Å². The van der Waals surface area contributed by atoms with Crippen LogP contribution in [0.1, 0.15) is 5.69 Å². The molecular formula is C18H14BrFN4O2S2. The van der Waals surface area contributed by atoms with Crippen LogP contribution in [-0.4, -0.2) is 29.6 Å². The van der Waals surface area contributed by atoms with Crippen LogP contribution in [0.4, 0.5) is 4.39 Å². The lowest BCUT2D eigenvalue weighted by molar-refractivity contribution is 0.581. The lowest BCUT2D eigenvalue weighted by Gasteiger charge is -2.06. The van der Waals surface area contributed by atoms with Crippen LogP contribution in [0.3, 0.4) is 0 Å². The van der Waals surface area contributed by atoms with Crippen molar-refractivity contribution in [1.29, 1.82) is 0 Å². The Hall–Kier alpha value is -2.14. The summed E-state index contributed by atoms with van der Waals surface area (Å²) in [6.45, 7) is 0.207. The number of hydrogen-bond acceptors (Lipinski definition) is 5. The van der Waals surface area contributed by atoms with Crippen LogP contribution in [0.25, 0.3) is 16.3 Å². The minimum Gasteiger partial charge on any atom is -0.211 e. The molecule has 2 heterocycles. The third kappa shape index (κ3) is 3.86. The summed E-state index contributed by atoms with van der Waals surface area (Å²) >= 11 is 4.66. The van der Waals surface area contributed by atoms with Gasteiger partial charge in [-0.2, -0.15) is 4.98 Å². The molecule has 0 aliphatic heterocycles. The molecule has 0 fully saturated rings. The van der Waals surface area contributed by atoms with E-state index in [2.05, 4.69) is 30.7 Å². The maximum absolute atomic E-state index is 14.0. The van der Waals surface area contributed by atoms with Crippen molar-refractivity contribution < 1.29 is 12.8 Å². The Morgan fingerprint density at radius 3 is 2.64 bits per heavy atom. The number of halogens is 2. The normalized spacial score (nSPS) is 11.9. The Kier molecular flexibility index (Phi) is 5.28. The van der Waals surface area contributed by atoms with Gasteiger partial charge in [0.15, 0.2) is 5.82 Å². The van der Waals surface area contributed by atoms with Crippen LogP contribution in [0.2, 0.25) is 0 Å². The van der Waals surface area contributed by atoms with Gasteiger partial charge >= 0.3 is 0 Å². The Labute approximate surface area is 173 Å². The quantitative estimate of drug-likeness (QED) is 0.454. The zero-order valence-electron chi connectivity index (χ0n) is 14.3. The molecule has 0 saturated heterocycles. The molecule has 0 radical (unpaired) electrons. The average Bonchev–Trinajstić information content (AvgIpc) is 3.24. The third-order valence-electron chi connectivity index (χ3n) is 4.06. The van der Waals surface area contributed by atoms with E-state index in [1.165, 1.54) is 29.5 Å². The maximum atomic E-state index is 14.0. The smallest absolute Gasteiger partial charge is 0.211 e. The molecule has 0 bridgehead atoms. The molecule has 0 aliphatic carbocycles. The zero-order chi connectivity index (χ0) is 19.7. The molecule has 6 nitrogen and oxygen atoms in total. The number of benzene rings is 2. The van der Waals surface area contributed by atoms with Gasteiger partial charge < -0.3 is 0 Å². The van der Waals surface area contributed by atoms with Crippen molar-refractivity contribution in [2.75, 3.05) is 6.54 Å². The maximum Gasteiger partial charge on any atom is 0.240 e. The summed E-state index contributed by atoms with van der Waals surface area (Å²) in [6.07, 6.45) is 0.426. The number of aromatic nitrogens is 3. The van der Waals surface area contributed by atoms with Crippen LogP contribution < -0.4 is 4.72 Å². The van der Waals surface area contributed by atoms with Gasteiger partial charge in [-0.1, -0.05) is 28.1 Å². The van der Waals surface area contributed by atoms with Crippen LogP contribution >= 0.6 is 27.3 Å². The SMILES string of the molecule is O=S(=O)(NCCc1csc2nc(-c3ccccc3F)nn12)c1ccc(Br)cc1. The van der Waals surface area contributed by atoms with E-state index in [-0.39, 0.29) is 17.3 Å². The minimum absolute atomic E-state index is 0.203. The van der Waals surface area contributed by atoms with Crippen molar-refractivity contribution >= 4 is 42.3 Å². The second-order valence-electron chi connectivity index (χ2n) is 5.94. The molecule has 10 heteroatoms. The number of hydrogen-bond donors (Lipinski definition) is 1. The van der Waals surface area contributed by atoms with Crippen LogP contribution in [-0.2, 0) is 16.4 Å².